The van der Waals surface area contributed by atoms with Gasteiger partial charge in [-0.05, 0) is 61.7 Å². The van der Waals surface area contributed by atoms with Crippen LogP contribution in [-0.4, -0.2) is 29.6 Å². The molecule has 1 saturated heterocycles. The van der Waals surface area contributed by atoms with Gasteiger partial charge >= 0.3 is 0 Å². The Morgan fingerprint density at radius 1 is 1.15 bits per heavy atom. The normalized spacial score (nSPS) is 23.2. The Labute approximate surface area is 122 Å². The molecule has 1 heterocycles. The molecule has 1 unspecified atom stereocenters. The second kappa shape index (κ2) is 5.50. The lowest BCUT2D eigenvalue weighted by atomic mass is 9.87. The largest absolute Gasteiger partial charge is 0.384 e. The van der Waals surface area contributed by atoms with Crippen molar-refractivity contribution in [2.45, 2.75) is 51.0 Å². The van der Waals surface area contributed by atoms with Gasteiger partial charge in [0.05, 0.1) is 0 Å². The molecule has 20 heavy (non-hydrogen) atoms. The summed E-state index contributed by atoms with van der Waals surface area (Å²) in [7, 11) is 0. The summed E-state index contributed by atoms with van der Waals surface area (Å²) in [5.41, 5.74) is 1.85. The predicted octanol–water partition coefficient (Wildman–Crippen LogP) is 3.50. The zero-order chi connectivity index (χ0) is 14.2. The molecule has 0 spiro atoms. The van der Waals surface area contributed by atoms with E-state index in [1.807, 2.05) is 0 Å². The molecular weight excluding hydrogens is 246 g/mol. The van der Waals surface area contributed by atoms with Crippen LogP contribution in [0.3, 0.4) is 0 Å². The topological polar surface area (TPSA) is 23.5 Å². The van der Waals surface area contributed by atoms with Crippen LogP contribution in [-0.2, 0) is 5.60 Å². The Bertz CT molecular complexity index is 443. The van der Waals surface area contributed by atoms with E-state index >= 15 is 0 Å². The first-order chi connectivity index (χ1) is 9.59. The van der Waals surface area contributed by atoms with Crippen LogP contribution in [0.25, 0.3) is 0 Å². The van der Waals surface area contributed by atoms with Crippen molar-refractivity contribution in [1.29, 1.82) is 0 Å². The lowest BCUT2D eigenvalue weighted by Gasteiger charge is -2.33. The van der Waals surface area contributed by atoms with Gasteiger partial charge in [-0.3, -0.25) is 0 Å². The van der Waals surface area contributed by atoms with E-state index in [4.69, 9.17) is 0 Å². The van der Waals surface area contributed by atoms with Crippen molar-refractivity contribution in [2.24, 2.45) is 5.92 Å². The van der Waals surface area contributed by atoms with E-state index in [2.05, 4.69) is 43.0 Å². The molecule has 0 bridgehead atoms. The van der Waals surface area contributed by atoms with E-state index in [-0.39, 0.29) is 0 Å². The lowest BCUT2D eigenvalue weighted by Crippen LogP contribution is -2.41. The maximum Gasteiger partial charge on any atom is 0.105 e. The minimum Gasteiger partial charge on any atom is -0.384 e. The molecule has 1 atom stereocenters. The summed E-state index contributed by atoms with van der Waals surface area (Å²) < 4.78 is 0. The van der Waals surface area contributed by atoms with Gasteiger partial charge in [-0.2, -0.15) is 0 Å². The van der Waals surface area contributed by atoms with Gasteiger partial charge in [0.25, 0.3) is 0 Å². The molecule has 0 radical (unpaired) electrons. The van der Waals surface area contributed by atoms with Crippen LogP contribution in [0.1, 0.15) is 56.6 Å². The molecule has 1 aromatic carbocycles. The fraction of sp³-hybridized carbons (Fsp3) is 0.667. The molecule has 2 aliphatic rings. The zero-order valence-electron chi connectivity index (χ0n) is 12.8. The van der Waals surface area contributed by atoms with Crippen LogP contribution in [0.15, 0.2) is 24.3 Å². The summed E-state index contributed by atoms with van der Waals surface area (Å²) in [5.74, 6) is 1.02. The first kappa shape index (κ1) is 14.1. The van der Waals surface area contributed by atoms with Crippen LogP contribution in [0.4, 0.5) is 0 Å². The van der Waals surface area contributed by atoms with Gasteiger partial charge < -0.3 is 10.0 Å². The van der Waals surface area contributed by atoms with Crippen LogP contribution < -0.4 is 0 Å². The number of hydrogen-bond donors (Lipinski definition) is 1. The highest BCUT2D eigenvalue weighted by Gasteiger charge is 2.46. The molecule has 1 N–H and O–H groups in total. The number of hydrogen-bond acceptors (Lipinski definition) is 2. The van der Waals surface area contributed by atoms with Crippen molar-refractivity contribution in [3.8, 4) is 0 Å². The highest BCUT2D eigenvalue weighted by molar-refractivity contribution is 5.31. The fourth-order valence-corrected chi connectivity index (χ4v) is 3.46. The number of β-amino-alcohol motifs (C(OH)–C–C–N with tert-alkyl or cyclic N) is 1. The zero-order valence-corrected chi connectivity index (χ0v) is 12.8. The summed E-state index contributed by atoms with van der Waals surface area (Å²) in [6.07, 6.45) is 4.92. The van der Waals surface area contributed by atoms with Crippen LogP contribution in [0, 0.1) is 5.92 Å². The van der Waals surface area contributed by atoms with E-state index in [0.29, 0.717) is 11.8 Å². The molecule has 110 valence electrons. The molecule has 1 aliphatic heterocycles. The second-order valence-corrected chi connectivity index (χ2v) is 6.96. The number of rotatable bonds is 5. The van der Waals surface area contributed by atoms with Gasteiger partial charge in [-0.25, -0.2) is 0 Å². The minimum absolute atomic E-state index is 0.466. The second-order valence-electron chi connectivity index (χ2n) is 6.96. The standard InChI is InChI=1S/C18H27NO/c1-14(2)15-5-7-16(8-6-15)18(20,17-9-10-17)13-19-11-3-4-12-19/h5-8,14,17,20H,3-4,9-13H2,1-2H3. The molecule has 3 rings (SSSR count). The highest BCUT2D eigenvalue weighted by Crippen LogP contribution is 2.46. The van der Waals surface area contributed by atoms with E-state index in [9.17, 15) is 5.11 Å². The van der Waals surface area contributed by atoms with E-state index in [1.54, 1.807) is 0 Å². The maximum absolute atomic E-state index is 11.3. The molecule has 2 nitrogen and oxygen atoms in total. The molecule has 1 aliphatic carbocycles. The third-order valence-electron chi connectivity index (χ3n) is 4.99. The molecule has 0 aromatic heterocycles. The van der Waals surface area contributed by atoms with Crippen LogP contribution in [0.5, 0.6) is 0 Å². The predicted molar refractivity (Wildman–Crippen MR) is 82.8 cm³/mol. The molecular formula is C18H27NO. The van der Waals surface area contributed by atoms with E-state index in [0.717, 1.165) is 25.2 Å². The molecule has 0 amide bonds. The Hall–Kier alpha value is -0.860. The van der Waals surface area contributed by atoms with Crippen molar-refractivity contribution < 1.29 is 5.11 Å². The number of nitrogens with zero attached hydrogens (tertiary/aromatic N) is 1. The summed E-state index contributed by atoms with van der Waals surface area (Å²) in [6.45, 7) is 7.55. The fourth-order valence-electron chi connectivity index (χ4n) is 3.46. The highest BCUT2D eigenvalue weighted by atomic mass is 16.3. The van der Waals surface area contributed by atoms with Crippen LogP contribution >= 0.6 is 0 Å². The lowest BCUT2D eigenvalue weighted by molar-refractivity contribution is -0.0159. The van der Waals surface area contributed by atoms with E-state index in [1.165, 1.54) is 31.2 Å². The van der Waals surface area contributed by atoms with Gasteiger partial charge in [-0.1, -0.05) is 38.1 Å². The van der Waals surface area contributed by atoms with Crippen molar-refractivity contribution in [2.75, 3.05) is 19.6 Å². The van der Waals surface area contributed by atoms with Crippen molar-refractivity contribution in [1.82, 2.24) is 4.90 Å². The van der Waals surface area contributed by atoms with Crippen molar-refractivity contribution >= 4 is 0 Å². The van der Waals surface area contributed by atoms with Gasteiger partial charge in [-0.15, -0.1) is 0 Å². The number of aliphatic hydroxyl groups is 1. The first-order valence-electron chi connectivity index (χ1n) is 8.15. The van der Waals surface area contributed by atoms with Crippen molar-refractivity contribution in [3.63, 3.8) is 0 Å². The van der Waals surface area contributed by atoms with Gasteiger partial charge in [0, 0.05) is 6.54 Å². The first-order valence-corrected chi connectivity index (χ1v) is 8.15. The van der Waals surface area contributed by atoms with Crippen LogP contribution in [0.2, 0.25) is 0 Å². The Balaban J connectivity index is 1.81. The molecule has 2 fully saturated rings. The smallest absolute Gasteiger partial charge is 0.105 e. The minimum atomic E-state index is -0.625. The Morgan fingerprint density at radius 3 is 2.25 bits per heavy atom. The summed E-state index contributed by atoms with van der Waals surface area (Å²) in [5, 5.41) is 11.3. The van der Waals surface area contributed by atoms with E-state index < -0.39 is 5.60 Å². The Kier molecular flexibility index (Phi) is 3.87. The molecule has 2 heteroatoms. The monoisotopic (exact) mass is 273 g/mol. The molecule has 1 aromatic rings. The summed E-state index contributed by atoms with van der Waals surface area (Å²) in [6, 6.07) is 8.70. The number of benzene rings is 1. The Morgan fingerprint density at radius 2 is 1.75 bits per heavy atom. The van der Waals surface area contributed by atoms with Gasteiger partial charge in [0.15, 0.2) is 0 Å². The quantitative estimate of drug-likeness (QED) is 0.887. The SMILES string of the molecule is CC(C)c1ccc(C(O)(CN2CCCC2)C2CC2)cc1. The van der Waals surface area contributed by atoms with Gasteiger partial charge in [0.1, 0.15) is 5.60 Å². The maximum atomic E-state index is 11.3. The third-order valence-corrected chi connectivity index (χ3v) is 4.99. The third kappa shape index (κ3) is 2.77. The summed E-state index contributed by atoms with van der Waals surface area (Å²) in [4.78, 5) is 2.44. The van der Waals surface area contributed by atoms with Crippen molar-refractivity contribution in [3.05, 3.63) is 35.4 Å². The average molecular weight is 273 g/mol. The summed E-state index contributed by atoms with van der Waals surface area (Å²) >= 11 is 0. The number of likely N-dealkylation sites (tertiary alicyclic amines) is 1. The molecule has 1 saturated carbocycles. The van der Waals surface area contributed by atoms with Gasteiger partial charge in [0.2, 0.25) is 0 Å². The average Bonchev–Trinajstić information content (AvgIpc) is 3.19.